The number of aromatic nitrogens is 1. The molecule has 1 saturated heterocycles. The third kappa shape index (κ3) is 3.73. The average Bonchev–Trinajstić information content (AvgIpc) is 2.68. The number of benzene rings is 1. The molecule has 0 saturated carbocycles. The fraction of sp³-hybridized carbons (Fsp3) is 0.429. The van der Waals surface area contributed by atoms with E-state index in [4.69, 9.17) is 0 Å². The Bertz CT molecular complexity index is 821. The summed E-state index contributed by atoms with van der Waals surface area (Å²) in [5, 5.41) is 9.32. The smallest absolute Gasteiger partial charge is 0.261 e. The molecule has 1 atom stereocenters. The van der Waals surface area contributed by atoms with E-state index < -0.39 is 0 Å². The first kappa shape index (κ1) is 18.4. The lowest BCUT2D eigenvalue weighted by atomic mass is 9.86. The highest BCUT2D eigenvalue weighted by molar-refractivity contribution is 5.95. The number of aromatic amines is 1. The molecule has 0 bridgehead atoms. The highest BCUT2D eigenvalue weighted by Gasteiger charge is 2.28. The summed E-state index contributed by atoms with van der Waals surface area (Å²) in [5.41, 5.74) is 2.47. The van der Waals surface area contributed by atoms with Crippen molar-refractivity contribution in [3.63, 3.8) is 0 Å². The number of rotatable bonds is 4. The number of aliphatic hydroxyl groups is 1. The number of nitrogens with zero attached hydrogens (tertiary/aromatic N) is 1. The fourth-order valence-electron chi connectivity index (χ4n) is 3.69. The van der Waals surface area contributed by atoms with Crippen LogP contribution in [0.2, 0.25) is 0 Å². The quantitative estimate of drug-likeness (QED) is 0.887. The maximum absolute atomic E-state index is 12.9. The maximum Gasteiger partial charge on any atom is 0.261 e. The molecule has 1 amide bonds. The van der Waals surface area contributed by atoms with Gasteiger partial charge in [0.25, 0.3) is 11.5 Å². The minimum Gasteiger partial charge on any atom is -0.396 e. The van der Waals surface area contributed by atoms with Gasteiger partial charge in [-0.05, 0) is 43.2 Å². The van der Waals surface area contributed by atoms with Gasteiger partial charge in [-0.1, -0.05) is 37.3 Å². The summed E-state index contributed by atoms with van der Waals surface area (Å²) >= 11 is 0. The van der Waals surface area contributed by atoms with Crippen LogP contribution in [0, 0.1) is 18.8 Å². The second-order valence-electron chi connectivity index (χ2n) is 7.21. The lowest BCUT2D eigenvalue weighted by Crippen LogP contribution is -2.42. The van der Waals surface area contributed by atoms with E-state index in [0.29, 0.717) is 19.0 Å². The first-order valence-electron chi connectivity index (χ1n) is 9.20. The van der Waals surface area contributed by atoms with Gasteiger partial charge in [0.1, 0.15) is 5.56 Å². The van der Waals surface area contributed by atoms with Gasteiger partial charge in [-0.15, -0.1) is 0 Å². The van der Waals surface area contributed by atoms with Crippen LogP contribution in [-0.4, -0.2) is 40.6 Å². The van der Waals surface area contributed by atoms with Gasteiger partial charge in [-0.2, -0.15) is 0 Å². The summed E-state index contributed by atoms with van der Waals surface area (Å²) in [7, 11) is 0. The van der Waals surface area contributed by atoms with E-state index in [1.807, 2.05) is 44.2 Å². The Hall–Kier alpha value is -2.40. The molecule has 26 heavy (non-hydrogen) atoms. The number of piperidine rings is 1. The molecule has 1 aromatic carbocycles. The topological polar surface area (TPSA) is 73.4 Å². The van der Waals surface area contributed by atoms with Crippen LogP contribution in [0.15, 0.2) is 41.2 Å². The van der Waals surface area contributed by atoms with E-state index in [-0.39, 0.29) is 29.6 Å². The summed E-state index contributed by atoms with van der Waals surface area (Å²) in [6, 6.07) is 11.5. The van der Waals surface area contributed by atoms with E-state index in [2.05, 4.69) is 4.98 Å². The standard InChI is InChI=1S/C21H26N2O3/c1-14(13-24)16-8-10-23(11-9-16)21(26)19-12-18(15(2)22-20(19)25)17-6-4-3-5-7-17/h3-7,12,14,16,24H,8-11,13H2,1-2H3,(H,22,25). The summed E-state index contributed by atoms with van der Waals surface area (Å²) in [6.45, 7) is 5.32. The summed E-state index contributed by atoms with van der Waals surface area (Å²) in [5.74, 6) is 0.471. The number of aryl methyl sites for hydroxylation is 1. The maximum atomic E-state index is 12.9. The molecule has 1 fully saturated rings. The Morgan fingerprint density at radius 3 is 2.54 bits per heavy atom. The monoisotopic (exact) mass is 354 g/mol. The Morgan fingerprint density at radius 2 is 1.92 bits per heavy atom. The molecule has 2 N–H and O–H groups in total. The first-order chi connectivity index (χ1) is 12.5. The Balaban J connectivity index is 1.83. The lowest BCUT2D eigenvalue weighted by Gasteiger charge is -2.34. The molecular weight excluding hydrogens is 328 g/mol. The van der Waals surface area contributed by atoms with Crippen molar-refractivity contribution in [2.24, 2.45) is 11.8 Å². The zero-order valence-electron chi connectivity index (χ0n) is 15.4. The summed E-state index contributed by atoms with van der Waals surface area (Å²) in [4.78, 5) is 29.9. The van der Waals surface area contributed by atoms with Crippen molar-refractivity contribution in [1.29, 1.82) is 0 Å². The van der Waals surface area contributed by atoms with E-state index in [1.165, 1.54) is 0 Å². The van der Waals surface area contributed by atoms with Crippen LogP contribution in [0.5, 0.6) is 0 Å². The fourth-order valence-corrected chi connectivity index (χ4v) is 3.69. The summed E-state index contributed by atoms with van der Waals surface area (Å²) < 4.78 is 0. The number of aliphatic hydroxyl groups excluding tert-OH is 1. The second-order valence-corrected chi connectivity index (χ2v) is 7.21. The Kier molecular flexibility index (Phi) is 5.57. The van der Waals surface area contributed by atoms with Crippen LogP contribution in [0.4, 0.5) is 0 Å². The predicted octanol–water partition coefficient (Wildman–Crippen LogP) is 2.83. The molecule has 0 radical (unpaired) electrons. The SMILES string of the molecule is Cc1[nH]c(=O)c(C(=O)N2CCC(C(C)CO)CC2)cc1-c1ccccc1. The van der Waals surface area contributed by atoms with E-state index in [9.17, 15) is 14.7 Å². The highest BCUT2D eigenvalue weighted by atomic mass is 16.3. The van der Waals surface area contributed by atoms with Crippen molar-refractivity contribution < 1.29 is 9.90 Å². The van der Waals surface area contributed by atoms with Gasteiger partial charge in [0.15, 0.2) is 0 Å². The molecule has 1 aliphatic heterocycles. The number of nitrogens with one attached hydrogen (secondary N) is 1. The number of hydrogen-bond donors (Lipinski definition) is 2. The van der Waals surface area contributed by atoms with Gasteiger partial charge >= 0.3 is 0 Å². The van der Waals surface area contributed by atoms with Crippen LogP contribution in [0.25, 0.3) is 11.1 Å². The normalized spacial score (nSPS) is 16.5. The van der Waals surface area contributed by atoms with Gasteiger partial charge in [0.2, 0.25) is 0 Å². The van der Waals surface area contributed by atoms with Gasteiger partial charge < -0.3 is 15.0 Å². The lowest BCUT2D eigenvalue weighted by molar-refractivity contribution is 0.0631. The molecule has 1 aliphatic rings. The third-order valence-electron chi connectivity index (χ3n) is 5.47. The molecule has 138 valence electrons. The zero-order valence-corrected chi connectivity index (χ0v) is 15.4. The van der Waals surface area contributed by atoms with Crippen molar-refractivity contribution in [3.8, 4) is 11.1 Å². The molecule has 0 aliphatic carbocycles. The third-order valence-corrected chi connectivity index (χ3v) is 5.47. The van der Waals surface area contributed by atoms with Gasteiger partial charge in [-0.3, -0.25) is 9.59 Å². The Labute approximate surface area is 153 Å². The number of carbonyl (C=O) groups is 1. The van der Waals surface area contributed by atoms with Crippen molar-refractivity contribution in [1.82, 2.24) is 9.88 Å². The van der Waals surface area contributed by atoms with Crippen molar-refractivity contribution in [3.05, 3.63) is 58.0 Å². The molecule has 3 rings (SSSR count). The minimum absolute atomic E-state index is 0.177. The van der Waals surface area contributed by atoms with Crippen LogP contribution >= 0.6 is 0 Å². The molecule has 2 aromatic rings. The molecule has 1 aromatic heterocycles. The number of pyridine rings is 1. The highest BCUT2D eigenvalue weighted by Crippen LogP contribution is 2.26. The second kappa shape index (κ2) is 7.87. The van der Waals surface area contributed by atoms with Crippen molar-refractivity contribution in [2.45, 2.75) is 26.7 Å². The number of H-pyrrole nitrogens is 1. The van der Waals surface area contributed by atoms with Crippen LogP contribution in [-0.2, 0) is 0 Å². The molecule has 2 heterocycles. The van der Waals surface area contributed by atoms with Crippen molar-refractivity contribution >= 4 is 5.91 Å². The Morgan fingerprint density at radius 1 is 1.27 bits per heavy atom. The van der Waals surface area contributed by atoms with Crippen LogP contribution in [0.3, 0.4) is 0 Å². The molecule has 0 spiro atoms. The number of carbonyl (C=O) groups excluding carboxylic acids is 1. The zero-order chi connectivity index (χ0) is 18.7. The largest absolute Gasteiger partial charge is 0.396 e. The van der Waals surface area contributed by atoms with Gasteiger partial charge in [0, 0.05) is 31.0 Å². The molecular formula is C21H26N2O3. The first-order valence-corrected chi connectivity index (χ1v) is 9.20. The average molecular weight is 354 g/mol. The number of likely N-dealkylation sites (tertiary alicyclic amines) is 1. The van der Waals surface area contributed by atoms with Crippen LogP contribution < -0.4 is 5.56 Å². The summed E-state index contributed by atoms with van der Waals surface area (Å²) in [6.07, 6.45) is 1.73. The number of amides is 1. The van der Waals surface area contributed by atoms with Gasteiger partial charge in [-0.25, -0.2) is 0 Å². The minimum atomic E-state index is -0.335. The molecule has 5 heteroatoms. The van der Waals surface area contributed by atoms with Crippen LogP contribution in [0.1, 0.15) is 35.8 Å². The van der Waals surface area contributed by atoms with Gasteiger partial charge in [0.05, 0.1) is 0 Å². The predicted molar refractivity (Wildman–Crippen MR) is 102 cm³/mol. The molecule has 1 unspecified atom stereocenters. The van der Waals surface area contributed by atoms with E-state index in [0.717, 1.165) is 29.7 Å². The number of hydrogen-bond acceptors (Lipinski definition) is 3. The van der Waals surface area contributed by atoms with E-state index >= 15 is 0 Å². The molecule has 5 nitrogen and oxygen atoms in total. The van der Waals surface area contributed by atoms with Crippen molar-refractivity contribution in [2.75, 3.05) is 19.7 Å². The van der Waals surface area contributed by atoms with E-state index in [1.54, 1.807) is 11.0 Å².